The Kier molecular flexibility index (Phi) is 4.88. The van der Waals surface area contributed by atoms with Crippen LogP contribution >= 0.6 is 0 Å². The molecule has 1 heterocycles. The number of amides is 1. The van der Waals surface area contributed by atoms with E-state index in [1.807, 2.05) is 19.1 Å². The van der Waals surface area contributed by atoms with Gasteiger partial charge in [-0.15, -0.1) is 0 Å². The summed E-state index contributed by atoms with van der Waals surface area (Å²) in [6.07, 6.45) is 0.543. The number of carbonyl (C=O) groups is 1. The normalized spacial score (nSPS) is 10.8. The molecule has 0 saturated carbocycles. The van der Waals surface area contributed by atoms with E-state index >= 15 is 0 Å². The van der Waals surface area contributed by atoms with E-state index in [4.69, 9.17) is 0 Å². The number of aryl methyl sites for hydroxylation is 1. The molecule has 1 aromatic heterocycles. The molecule has 2 aromatic carbocycles. The summed E-state index contributed by atoms with van der Waals surface area (Å²) in [5, 5.41) is 7.38. The Hall–Kier alpha value is -3.02. The van der Waals surface area contributed by atoms with Gasteiger partial charge in [-0.2, -0.15) is 5.10 Å². The molecule has 0 bridgehead atoms. The molecule has 0 atom stereocenters. The van der Waals surface area contributed by atoms with Crippen LogP contribution < -0.4 is 10.7 Å². The predicted octanol–water partition coefficient (Wildman–Crippen LogP) is 2.53. The van der Waals surface area contributed by atoms with Crippen molar-refractivity contribution in [1.29, 1.82) is 0 Å². The molecule has 0 aliphatic heterocycles. The van der Waals surface area contributed by atoms with E-state index in [2.05, 4.69) is 10.4 Å². The zero-order chi connectivity index (χ0) is 17.8. The molecule has 0 radical (unpaired) electrons. The molecule has 0 aliphatic rings. The number of hydrogen-bond donors (Lipinski definition) is 1. The first-order valence-corrected chi connectivity index (χ1v) is 8.12. The summed E-state index contributed by atoms with van der Waals surface area (Å²) in [5.74, 6) is -0.798. The Morgan fingerprint density at radius 2 is 1.88 bits per heavy atom. The number of rotatable bonds is 5. The highest BCUT2D eigenvalue weighted by atomic mass is 19.1. The highest BCUT2D eigenvalue weighted by molar-refractivity contribution is 5.95. The van der Waals surface area contributed by atoms with Crippen LogP contribution in [-0.4, -0.2) is 22.2 Å². The number of aromatic nitrogens is 2. The highest BCUT2D eigenvalue weighted by Gasteiger charge is 2.16. The molecule has 0 saturated heterocycles. The Labute approximate surface area is 144 Å². The molecule has 3 rings (SSSR count). The maximum atomic E-state index is 12.9. The van der Waals surface area contributed by atoms with Gasteiger partial charge in [0.2, 0.25) is 5.43 Å². The lowest BCUT2D eigenvalue weighted by Crippen LogP contribution is -2.33. The second kappa shape index (κ2) is 7.25. The largest absolute Gasteiger partial charge is 0.350 e. The van der Waals surface area contributed by atoms with Crippen molar-refractivity contribution in [2.45, 2.75) is 19.9 Å². The lowest BCUT2D eigenvalue weighted by molar-refractivity contribution is 0.0946. The lowest BCUT2D eigenvalue weighted by atomic mass is 10.1. The molecule has 0 aliphatic carbocycles. The number of nitrogens with one attached hydrogen (secondary N) is 1. The average molecular weight is 339 g/mol. The van der Waals surface area contributed by atoms with Crippen molar-refractivity contribution in [3.05, 3.63) is 75.8 Å². The molecule has 1 amide bonds. The third-order valence-corrected chi connectivity index (χ3v) is 3.99. The van der Waals surface area contributed by atoms with E-state index in [-0.39, 0.29) is 16.9 Å². The van der Waals surface area contributed by atoms with Crippen molar-refractivity contribution in [3.8, 4) is 0 Å². The quantitative estimate of drug-likeness (QED) is 0.777. The van der Waals surface area contributed by atoms with Crippen LogP contribution in [0.2, 0.25) is 0 Å². The fraction of sp³-hybridized carbons (Fsp3) is 0.211. The standard InChI is InChI=1S/C19H18FN3O2/c1-2-23-16-6-4-3-5-15(16)18(24)17(22-23)19(25)21-12-11-13-7-9-14(20)10-8-13/h3-10H,2,11-12H2,1H3,(H,21,25). The van der Waals surface area contributed by atoms with Gasteiger partial charge in [0.1, 0.15) is 5.82 Å². The first-order valence-electron chi connectivity index (χ1n) is 8.12. The minimum Gasteiger partial charge on any atom is -0.350 e. The van der Waals surface area contributed by atoms with Crippen LogP contribution in [0.4, 0.5) is 4.39 Å². The molecule has 0 unspecified atom stereocenters. The van der Waals surface area contributed by atoms with Crippen molar-refractivity contribution in [2.75, 3.05) is 6.54 Å². The molecule has 0 spiro atoms. The van der Waals surface area contributed by atoms with E-state index < -0.39 is 5.91 Å². The van der Waals surface area contributed by atoms with Gasteiger partial charge in [-0.05, 0) is 43.2 Å². The Bertz CT molecular complexity index is 965. The van der Waals surface area contributed by atoms with E-state index in [0.29, 0.717) is 30.4 Å². The molecule has 1 N–H and O–H groups in total. The third kappa shape index (κ3) is 3.57. The second-order valence-corrected chi connectivity index (χ2v) is 5.64. The van der Waals surface area contributed by atoms with Crippen LogP contribution in [0.15, 0.2) is 53.3 Å². The third-order valence-electron chi connectivity index (χ3n) is 3.99. The zero-order valence-electron chi connectivity index (χ0n) is 13.8. The van der Waals surface area contributed by atoms with Gasteiger partial charge in [0.15, 0.2) is 5.69 Å². The molecule has 128 valence electrons. The maximum Gasteiger partial charge on any atom is 0.275 e. The number of halogens is 1. The van der Waals surface area contributed by atoms with Crippen molar-refractivity contribution < 1.29 is 9.18 Å². The summed E-state index contributed by atoms with van der Waals surface area (Å²) < 4.78 is 14.5. The molecular formula is C19H18FN3O2. The molecule has 0 fully saturated rings. The number of fused-ring (bicyclic) bond motifs is 1. The number of nitrogens with zero attached hydrogens (tertiary/aromatic N) is 2. The summed E-state index contributed by atoms with van der Waals surface area (Å²) in [4.78, 5) is 24.9. The van der Waals surface area contributed by atoms with Gasteiger partial charge in [-0.1, -0.05) is 24.3 Å². The second-order valence-electron chi connectivity index (χ2n) is 5.64. The van der Waals surface area contributed by atoms with Crippen LogP contribution in [0, 0.1) is 5.82 Å². The minimum absolute atomic E-state index is 0.111. The summed E-state index contributed by atoms with van der Waals surface area (Å²) in [5.41, 5.74) is 1.12. The zero-order valence-corrected chi connectivity index (χ0v) is 13.8. The van der Waals surface area contributed by atoms with Gasteiger partial charge in [0.25, 0.3) is 5.91 Å². The fourth-order valence-electron chi connectivity index (χ4n) is 2.68. The van der Waals surface area contributed by atoms with Gasteiger partial charge in [-0.25, -0.2) is 4.39 Å². The minimum atomic E-state index is -0.500. The predicted molar refractivity (Wildman–Crippen MR) is 94.1 cm³/mol. The Balaban J connectivity index is 1.79. The SMILES string of the molecule is CCn1nc(C(=O)NCCc2ccc(F)cc2)c(=O)c2ccccc21. The summed E-state index contributed by atoms with van der Waals surface area (Å²) in [6, 6.07) is 13.2. The van der Waals surface area contributed by atoms with Crippen molar-refractivity contribution in [3.63, 3.8) is 0 Å². The summed E-state index contributed by atoms with van der Waals surface area (Å²) in [7, 11) is 0. The monoisotopic (exact) mass is 339 g/mol. The van der Waals surface area contributed by atoms with Crippen molar-refractivity contribution in [2.24, 2.45) is 0 Å². The summed E-state index contributed by atoms with van der Waals surface area (Å²) >= 11 is 0. The number of benzene rings is 2. The molecule has 5 nitrogen and oxygen atoms in total. The van der Waals surface area contributed by atoms with Crippen LogP contribution in [-0.2, 0) is 13.0 Å². The lowest BCUT2D eigenvalue weighted by Gasteiger charge is -2.10. The maximum absolute atomic E-state index is 12.9. The average Bonchev–Trinajstić information content (AvgIpc) is 2.64. The van der Waals surface area contributed by atoms with Gasteiger partial charge in [0, 0.05) is 18.5 Å². The Morgan fingerprint density at radius 1 is 1.16 bits per heavy atom. The van der Waals surface area contributed by atoms with Crippen LogP contribution in [0.3, 0.4) is 0 Å². The molecular weight excluding hydrogens is 321 g/mol. The van der Waals surface area contributed by atoms with Crippen LogP contribution in [0.25, 0.3) is 10.9 Å². The van der Waals surface area contributed by atoms with E-state index in [1.165, 1.54) is 12.1 Å². The highest BCUT2D eigenvalue weighted by Crippen LogP contribution is 2.09. The first kappa shape index (κ1) is 16.8. The smallest absolute Gasteiger partial charge is 0.275 e. The van der Waals surface area contributed by atoms with Crippen molar-refractivity contribution >= 4 is 16.8 Å². The molecule has 3 aromatic rings. The van der Waals surface area contributed by atoms with E-state index in [9.17, 15) is 14.0 Å². The molecule has 6 heteroatoms. The van der Waals surface area contributed by atoms with Gasteiger partial charge in [0.05, 0.1) is 5.52 Å². The van der Waals surface area contributed by atoms with Crippen LogP contribution in [0.1, 0.15) is 23.0 Å². The van der Waals surface area contributed by atoms with E-state index in [1.54, 1.807) is 28.9 Å². The first-order chi connectivity index (χ1) is 12.1. The van der Waals surface area contributed by atoms with E-state index in [0.717, 1.165) is 5.56 Å². The fourth-order valence-corrected chi connectivity index (χ4v) is 2.68. The van der Waals surface area contributed by atoms with Gasteiger partial charge in [-0.3, -0.25) is 14.3 Å². The van der Waals surface area contributed by atoms with Gasteiger partial charge >= 0.3 is 0 Å². The van der Waals surface area contributed by atoms with Crippen molar-refractivity contribution in [1.82, 2.24) is 15.1 Å². The van der Waals surface area contributed by atoms with Gasteiger partial charge < -0.3 is 5.32 Å². The number of hydrogen-bond acceptors (Lipinski definition) is 3. The number of carbonyl (C=O) groups excluding carboxylic acids is 1. The van der Waals surface area contributed by atoms with Crippen LogP contribution in [0.5, 0.6) is 0 Å². The topological polar surface area (TPSA) is 64.0 Å². The number of para-hydroxylation sites is 1. The Morgan fingerprint density at radius 3 is 2.60 bits per heavy atom. The molecule has 25 heavy (non-hydrogen) atoms. The summed E-state index contributed by atoms with van der Waals surface area (Å²) in [6.45, 7) is 2.79.